The van der Waals surface area contributed by atoms with Gasteiger partial charge in [0.05, 0.1) is 25.9 Å². The Balaban J connectivity index is 1.76. The van der Waals surface area contributed by atoms with Crippen LogP contribution in [0.25, 0.3) is 0 Å². The first-order valence-electron chi connectivity index (χ1n) is 7.03. The van der Waals surface area contributed by atoms with Gasteiger partial charge in [0.15, 0.2) is 5.69 Å². The Labute approximate surface area is 131 Å². The molecule has 0 amide bonds. The number of alkyl halides is 3. The third-order valence-electron chi connectivity index (χ3n) is 3.34. The number of aromatic nitrogens is 1. The van der Waals surface area contributed by atoms with Crippen molar-refractivity contribution in [3.8, 4) is 0 Å². The van der Waals surface area contributed by atoms with Crippen molar-refractivity contribution in [1.82, 2.24) is 14.8 Å². The van der Waals surface area contributed by atoms with Crippen molar-refractivity contribution >= 4 is 11.3 Å². The van der Waals surface area contributed by atoms with Crippen LogP contribution in [0.4, 0.5) is 13.2 Å². The average molecular weight is 339 g/mol. The number of likely N-dealkylation sites (N-methyl/N-ethyl adjacent to an activating group) is 1. The summed E-state index contributed by atoms with van der Waals surface area (Å²) in [5.74, 6) is 0. The molecular weight excluding hydrogens is 319 g/mol. The van der Waals surface area contributed by atoms with Gasteiger partial charge in [0.1, 0.15) is 5.01 Å². The van der Waals surface area contributed by atoms with E-state index in [-0.39, 0.29) is 0 Å². The van der Waals surface area contributed by atoms with Crippen molar-refractivity contribution in [2.75, 3.05) is 46.4 Å². The molecule has 0 saturated carbocycles. The highest BCUT2D eigenvalue weighted by Crippen LogP contribution is 2.30. The molecule has 0 radical (unpaired) electrons. The highest BCUT2D eigenvalue weighted by Gasteiger charge is 2.33. The van der Waals surface area contributed by atoms with Gasteiger partial charge in [-0.15, -0.1) is 11.3 Å². The van der Waals surface area contributed by atoms with Crippen LogP contribution >= 0.6 is 11.3 Å². The maximum absolute atomic E-state index is 12.5. The van der Waals surface area contributed by atoms with E-state index >= 15 is 0 Å². The molecule has 22 heavy (non-hydrogen) atoms. The Hall–Kier alpha value is -0.740. The van der Waals surface area contributed by atoms with Crippen LogP contribution in [-0.4, -0.2) is 72.4 Å². The van der Waals surface area contributed by atoms with E-state index in [1.165, 1.54) is 0 Å². The summed E-state index contributed by atoms with van der Waals surface area (Å²) in [4.78, 5) is 7.49. The molecule has 0 bridgehead atoms. The Bertz CT molecular complexity index is 464. The highest BCUT2D eigenvalue weighted by atomic mass is 32.1. The molecule has 1 saturated heterocycles. The molecule has 0 spiro atoms. The molecule has 0 aromatic carbocycles. The van der Waals surface area contributed by atoms with Gasteiger partial charge in [-0.2, -0.15) is 13.2 Å². The Morgan fingerprint density at radius 2 is 2.14 bits per heavy atom. The number of nitrogens with zero attached hydrogens (tertiary/aromatic N) is 3. The van der Waals surface area contributed by atoms with E-state index in [9.17, 15) is 18.3 Å². The first kappa shape index (κ1) is 17.6. The van der Waals surface area contributed by atoms with Crippen molar-refractivity contribution in [3.05, 3.63) is 16.1 Å². The molecule has 2 rings (SSSR count). The second-order valence-corrected chi connectivity index (χ2v) is 6.33. The zero-order chi connectivity index (χ0) is 16.2. The van der Waals surface area contributed by atoms with Crippen molar-refractivity contribution in [3.63, 3.8) is 0 Å². The topological polar surface area (TPSA) is 48.8 Å². The summed E-state index contributed by atoms with van der Waals surface area (Å²) >= 11 is 0.986. The average Bonchev–Trinajstić information content (AvgIpc) is 2.87. The molecule has 1 aromatic heterocycles. The molecule has 9 heteroatoms. The molecular formula is C13H20F3N3O2S. The van der Waals surface area contributed by atoms with Crippen LogP contribution in [0.2, 0.25) is 0 Å². The van der Waals surface area contributed by atoms with Crippen LogP contribution in [0.1, 0.15) is 10.7 Å². The van der Waals surface area contributed by atoms with Crippen molar-refractivity contribution in [2.45, 2.75) is 18.8 Å². The Kier molecular flexibility index (Phi) is 6.16. The number of halogens is 3. The fourth-order valence-electron chi connectivity index (χ4n) is 2.31. The fraction of sp³-hybridized carbons (Fsp3) is 0.769. The Morgan fingerprint density at radius 3 is 2.73 bits per heavy atom. The quantitative estimate of drug-likeness (QED) is 0.846. The number of hydrogen-bond donors (Lipinski definition) is 1. The van der Waals surface area contributed by atoms with Gasteiger partial charge in [-0.25, -0.2) is 4.98 Å². The van der Waals surface area contributed by atoms with E-state index in [0.29, 0.717) is 37.9 Å². The molecule has 1 atom stereocenters. The summed E-state index contributed by atoms with van der Waals surface area (Å²) in [6.45, 7) is 4.15. The van der Waals surface area contributed by atoms with Crippen molar-refractivity contribution in [1.29, 1.82) is 0 Å². The lowest BCUT2D eigenvalue weighted by molar-refractivity contribution is -0.140. The molecule has 1 aliphatic heterocycles. The number of aliphatic hydroxyl groups excluding tert-OH is 1. The fourth-order valence-corrected chi connectivity index (χ4v) is 3.19. The van der Waals surface area contributed by atoms with E-state index < -0.39 is 18.0 Å². The van der Waals surface area contributed by atoms with Crippen LogP contribution < -0.4 is 0 Å². The summed E-state index contributed by atoms with van der Waals surface area (Å²) in [6, 6.07) is 0. The normalized spacial score (nSPS) is 18.8. The minimum absolute atomic E-state index is 0.293. The highest BCUT2D eigenvalue weighted by molar-refractivity contribution is 7.09. The molecule has 1 aliphatic rings. The van der Waals surface area contributed by atoms with Crippen LogP contribution in [0.15, 0.2) is 5.38 Å². The number of β-amino-alcohol motifs (C(OH)–C–C–N with tert-alkyl or cyclic N) is 1. The van der Waals surface area contributed by atoms with E-state index in [1.54, 1.807) is 11.9 Å². The van der Waals surface area contributed by atoms with Gasteiger partial charge in [-0.1, -0.05) is 0 Å². The summed E-state index contributed by atoms with van der Waals surface area (Å²) in [7, 11) is 1.76. The number of hydrogen-bond acceptors (Lipinski definition) is 6. The van der Waals surface area contributed by atoms with Gasteiger partial charge in [0.25, 0.3) is 0 Å². The molecule has 1 fully saturated rings. The zero-order valence-corrected chi connectivity index (χ0v) is 13.2. The molecule has 1 N–H and O–H groups in total. The second kappa shape index (κ2) is 7.69. The lowest BCUT2D eigenvalue weighted by Crippen LogP contribution is -2.43. The van der Waals surface area contributed by atoms with Crippen LogP contribution in [0, 0.1) is 0 Å². The van der Waals surface area contributed by atoms with Crippen molar-refractivity contribution < 1.29 is 23.0 Å². The molecule has 126 valence electrons. The van der Waals surface area contributed by atoms with Crippen LogP contribution in [0.5, 0.6) is 0 Å². The number of morpholine rings is 1. The number of rotatable bonds is 6. The molecule has 1 aromatic rings. The first-order valence-corrected chi connectivity index (χ1v) is 7.91. The second-order valence-electron chi connectivity index (χ2n) is 5.39. The van der Waals surface area contributed by atoms with Gasteiger partial charge in [0.2, 0.25) is 0 Å². The largest absolute Gasteiger partial charge is 0.434 e. The smallest absolute Gasteiger partial charge is 0.390 e. The van der Waals surface area contributed by atoms with Gasteiger partial charge < -0.3 is 9.84 Å². The maximum Gasteiger partial charge on any atom is 0.434 e. The van der Waals surface area contributed by atoms with E-state index in [1.807, 2.05) is 0 Å². The molecule has 5 nitrogen and oxygen atoms in total. The standard InChI is InChI=1S/C13H20F3N3O2S/c1-18(6-10(20)7-19-2-4-21-5-3-19)8-12-17-11(9-22-12)13(14,15)16/h9-10,20H,2-8H2,1H3. The zero-order valence-electron chi connectivity index (χ0n) is 12.3. The van der Waals surface area contributed by atoms with E-state index in [2.05, 4.69) is 9.88 Å². The van der Waals surface area contributed by atoms with Gasteiger partial charge in [-0.05, 0) is 7.05 Å². The van der Waals surface area contributed by atoms with Gasteiger partial charge in [0, 0.05) is 31.6 Å². The predicted molar refractivity (Wildman–Crippen MR) is 76.7 cm³/mol. The van der Waals surface area contributed by atoms with Crippen LogP contribution in [-0.2, 0) is 17.5 Å². The van der Waals surface area contributed by atoms with Crippen LogP contribution in [0.3, 0.4) is 0 Å². The minimum Gasteiger partial charge on any atom is -0.390 e. The molecule has 1 unspecified atom stereocenters. The van der Waals surface area contributed by atoms with E-state index in [0.717, 1.165) is 29.8 Å². The lowest BCUT2D eigenvalue weighted by atomic mass is 10.3. The van der Waals surface area contributed by atoms with Crippen molar-refractivity contribution in [2.24, 2.45) is 0 Å². The number of aliphatic hydroxyl groups is 1. The molecule has 2 heterocycles. The number of thiazole rings is 1. The van der Waals surface area contributed by atoms with E-state index in [4.69, 9.17) is 4.74 Å². The SMILES string of the molecule is CN(Cc1nc(C(F)(F)F)cs1)CC(O)CN1CCOCC1. The summed E-state index contributed by atoms with van der Waals surface area (Å²) in [5.41, 5.74) is -0.852. The first-order chi connectivity index (χ1) is 10.3. The third kappa shape index (κ3) is 5.47. The maximum atomic E-state index is 12.5. The lowest BCUT2D eigenvalue weighted by Gasteiger charge is -2.29. The summed E-state index contributed by atoms with van der Waals surface area (Å²) in [6.07, 6.45) is -4.95. The minimum atomic E-state index is -4.40. The number of ether oxygens (including phenoxy) is 1. The van der Waals surface area contributed by atoms with Gasteiger partial charge >= 0.3 is 6.18 Å². The molecule has 0 aliphatic carbocycles. The third-order valence-corrected chi connectivity index (χ3v) is 4.18. The monoisotopic (exact) mass is 339 g/mol. The summed E-state index contributed by atoms with van der Waals surface area (Å²) in [5, 5.41) is 11.5. The predicted octanol–water partition coefficient (Wildman–Crippen LogP) is 1.29. The van der Waals surface area contributed by atoms with Gasteiger partial charge in [-0.3, -0.25) is 9.80 Å². The summed E-state index contributed by atoms with van der Waals surface area (Å²) < 4.78 is 42.7. The Morgan fingerprint density at radius 1 is 1.45 bits per heavy atom.